The Bertz CT molecular complexity index is 533. The van der Waals surface area contributed by atoms with E-state index in [1.165, 1.54) is 12.7 Å². The normalized spacial score (nSPS) is 26.4. The molecule has 1 atom stereocenters. The van der Waals surface area contributed by atoms with Gasteiger partial charge >= 0.3 is 5.97 Å². The Kier molecular flexibility index (Phi) is 3.79. The molecule has 2 rings (SSSR count). The van der Waals surface area contributed by atoms with E-state index in [9.17, 15) is 4.79 Å². The van der Waals surface area contributed by atoms with Gasteiger partial charge in [-0.3, -0.25) is 0 Å². The van der Waals surface area contributed by atoms with E-state index in [1.807, 2.05) is 58.9 Å². The van der Waals surface area contributed by atoms with E-state index in [4.69, 9.17) is 9.47 Å². The van der Waals surface area contributed by atoms with Gasteiger partial charge in [0.15, 0.2) is 5.54 Å². The Labute approximate surface area is 126 Å². The highest BCUT2D eigenvalue weighted by Crippen LogP contribution is 2.47. The summed E-state index contributed by atoms with van der Waals surface area (Å²) in [5, 5.41) is 3.38. The van der Waals surface area contributed by atoms with E-state index in [0.717, 1.165) is 5.69 Å². The number of aryl methyl sites for hydroxylation is 1. The van der Waals surface area contributed by atoms with Crippen LogP contribution in [-0.2, 0) is 14.3 Å². The van der Waals surface area contributed by atoms with Crippen molar-refractivity contribution in [3.63, 3.8) is 0 Å². The molecule has 1 aromatic rings. The summed E-state index contributed by atoms with van der Waals surface area (Å²) in [4.78, 5) is 12.5. The molecular weight excluding hydrogens is 266 g/mol. The number of ether oxygens (including phenoxy) is 2. The van der Waals surface area contributed by atoms with Gasteiger partial charge in [-0.2, -0.15) is 0 Å². The molecule has 0 aromatic heterocycles. The Balaban J connectivity index is 2.43. The third kappa shape index (κ3) is 2.77. The minimum absolute atomic E-state index is 0.293. The van der Waals surface area contributed by atoms with Crippen LogP contribution in [-0.4, -0.2) is 29.8 Å². The third-order valence-electron chi connectivity index (χ3n) is 4.19. The van der Waals surface area contributed by atoms with Crippen LogP contribution in [0, 0.1) is 6.92 Å². The molecule has 1 aromatic carbocycles. The van der Waals surface area contributed by atoms with Gasteiger partial charge in [0.2, 0.25) is 0 Å². The molecule has 1 saturated heterocycles. The quantitative estimate of drug-likeness (QED) is 0.868. The van der Waals surface area contributed by atoms with E-state index in [0.29, 0.717) is 6.42 Å². The second kappa shape index (κ2) is 5.02. The van der Waals surface area contributed by atoms with Gasteiger partial charge in [-0.1, -0.05) is 17.7 Å². The standard InChI is InChI=1S/C17H25NO3/c1-12-7-9-13(10-8-12)18-17(14(19)20-6)11-15(2,3)21-16(17,4)5/h7-10,18H,11H2,1-6H3. The maximum atomic E-state index is 12.5. The zero-order valence-electron chi connectivity index (χ0n) is 13.7. The molecule has 0 radical (unpaired) electrons. The van der Waals surface area contributed by atoms with Crippen molar-refractivity contribution in [1.29, 1.82) is 0 Å². The number of hydrogen-bond acceptors (Lipinski definition) is 4. The molecule has 0 amide bonds. The van der Waals surface area contributed by atoms with Crippen molar-refractivity contribution >= 4 is 11.7 Å². The highest BCUT2D eigenvalue weighted by molar-refractivity contribution is 5.87. The van der Waals surface area contributed by atoms with Crippen molar-refractivity contribution in [2.45, 2.75) is 57.8 Å². The Hall–Kier alpha value is -1.55. The first-order valence-electron chi connectivity index (χ1n) is 7.25. The fourth-order valence-electron chi connectivity index (χ4n) is 3.29. The average molecular weight is 291 g/mol. The maximum Gasteiger partial charge on any atom is 0.334 e. The molecule has 1 N–H and O–H groups in total. The molecule has 1 aliphatic heterocycles. The largest absolute Gasteiger partial charge is 0.467 e. The summed E-state index contributed by atoms with van der Waals surface area (Å²) < 4.78 is 11.2. The van der Waals surface area contributed by atoms with Crippen molar-refractivity contribution in [2.75, 3.05) is 12.4 Å². The van der Waals surface area contributed by atoms with Crippen molar-refractivity contribution < 1.29 is 14.3 Å². The Morgan fingerprint density at radius 1 is 1.19 bits per heavy atom. The van der Waals surface area contributed by atoms with Gasteiger partial charge in [-0.05, 0) is 46.8 Å². The summed E-state index contributed by atoms with van der Waals surface area (Å²) in [5.41, 5.74) is 0.0972. The lowest BCUT2D eigenvalue weighted by Crippen LogP contribution is -2.59. The van der Waals surface area contributed by atoms with Crippen LogP contribution in [0.3, 0.4) is 0 Å². The van der Waals surface area contributed by atoms with E-state index in [1.54, 1.807) is 0 Å². The number of anilines is 1. The first-order valence-corrected chi connectivity index (χ1v) is 7.25. The summed E-state index contributed by atoms with van der Waals surface area (Å²) >= 11 is 0. The topological polar surface area (TPSA) is 47.6 Å². The minimum Gasteiger partial charge on any atom is -0.467 e. The average Bonchev–Trinajstić information content (AvgIpc) is 2.56. The van der Waals surface area contributed by atoms with Gasteiger partial charge < -0.3 is 14.8 Å². The zero-order valence-corrected chi connectivity index (χ0v) is 13.7. The van der Waals surface area contributed by atoms with Crippen LogP contribution in [0.2, 0.25) is 0 Å². The number of esters is 1. The molecule has 0 aliphatic carbocycles. The van der Waals surface area contributed by atoms with Crippen LogP contribution < -0.4 is 5.32 Å². The molecule has 21 heavy (non-hydrogen) atoms. The number of carbonyl (C=O) groups excluding carboxylic acids is 1. The van der Waals surface area contributed by atoms with Crippen molar-refractivity contribution in [2.24, 2.45) is 0 Å². The zero-order chi connectivity index (χ0) is 15.9. The number of methoxy groups -OCH3 is 1. The molecule has 0 bridgehead atoms. The van der Waals surface area contributed by atoms with Gasteiger partial charge in [0.25, 0.3) is 0 Å². The molecule has 1 fully saturated rings. The van der Waals surface area contributed by atoms with Crippen LogP contribution in [0.4, 0.5) is 5.69 Å². The number of carbonyl (C=O) groups is 1. The van der Waals surface area contributed by atoms with Crippen molar-refractivity contribution in [3.8, 4) is 0 Å². The number of rotatable bonds is 3. The lowest BCUT2D eigenvalue weighted by Gasteiger charge is -2.38. The fraction of sp³-hybridized carbons (Fsp3) is 0.588. The molecule has 0 saturated carbocycles. The maximum absolute atomic E-state index is 12.5. The molecule has 1 unspecified atom stereocenters. The molecule has 0 spiro atoms. The summed E-state index contributed by atoms with van der Waals surface area (Å²) in [6.45, 7) is 9.89. The molecular formula is C17H25NO3. The van der Waals surface area contributed by atoms with Crippen LogP contribution in [0.25, 0.3) is 0 Å². The Morgan fingerprint density at radius 2 is 1.76 bits per heavy atom. The van der Waals surface area contributed by atoms with Crippen LogP contribution in [0.5, 0.6) is 0 Å². The second-order valence-corrected chi connectivity index (χ2v) is 6.94. The van der Waals surface area contributed by atoms with Gasteiger partial charge in [0, 0.05) is 12.1 Å². The third-order valence-corrected chi connectivity index (χ3v) is 4.19. The summed E-state index contributed by atoms with van der Waals surface area (Å²) in [6, 6.07) is 7.98. The lowest BCUT2D eigenvalue weighted by atomic mass is 9.78. The molecule has 4 nitrogen and oxygen atoms in total. The van der Waals surface area contributed by atoms with E-state index >= 15 is 0 Å². The van der Waals surface area contributed by atoms with Crippen LogP contribution >= 0.6 is 0 Å². The van der Waals surface area contributed by atoms with E-state index in [-0.39, 0.29) is 5.97 Å². The molecule has 116 valence electrons. The van der Waals surface area contributed by atoms with Crippen molar-refractivity contribution in [3.05, 3.63) is 29.8 Å². The Morgan fingerprint density at radius 3 is 2.19 bits per heavy atom. The second-order valence-electron chi connectivity index (χ2n) is 6.94. The summed E-state index contributed by atoms with van der Waals surface area (Å²) in [6.07, 6.45) is 0.549. The smallest absolute Gasteiger partial charge is 0.334 e. The van der Waals surface area contributed by atoms with Crippen LogP contribution in [0.15, 0.2) is 24.3 Å². The SMILES string of the molecule is COC(=O)C1(Nc2ccc(C)cc2)CC(C)(C)OC1(C)C. The summed E-state index contributed by atoms with van der Waals surface area (Å²) in [7, 11) is 1.42. The van der Waals surface area contributed by atoms with Gasteiger partial charge in [0.05, 0.1) is 18.3 Å². The number of hydrogen-bond donors (Lipinski definition) is 1. The summed E-state index contributed by atoms with van der Waals surface area (Å²) in [5.74, 6) is -0.293. The van der Waals surface area contributed by atoms with Crippen LogP contribution in [0.1, 0.15) is 39.7 Å². The highest BCUT2D eigenvalue weighted by Gasteiger charge is 2.62. The predicted octanol–water partition coefficient (Wildman–Crippen LogP) is 3.30. The molecule has 4 heteroatoms. The van der Waals surface area contributed by atoms with Crippen molar-refractivity contribution in [1.82, 2.24) is 0 Å². The highest BCUT2D eigenvalue weighted by atomic mass is 16.6. The van der Waals surface area contributed by atoms with Gasteiger partial charge in [0.1, 0.15) is 0 Å². The molecule has 1 heterocycles. The number of benzene rings is 1. The van der Waals surface area contributed by atoms with Gasteiger partial charge in [-0.25, -0.2) is 4.79 Å². The first kappa shape index (κ1) is 15.8. The lowest BCUT2D eigenvalue weighted by molar-refractivity contribution is -0.152. The monoisotopic (exact) mass is 291 g/mol. The molecule has 1 aliphatic rings. The first-order chi connectivity index (χ1) is 9.62. The van der Waals surface area contributed by atoms with E-state index in [2.05, 4.69) is 5.32 Å². The fourth-order valence-corrected chi connectivity index (χ4v) is 3.29. The minimum atomic E-state index is -0.902. The van der Waals surface area contributed by atoms with Gasteiger partial charge in [-0.15, -0.1) is 0 Å². The van der Waals surface area contributed by atoms with E-state index < -0.39 is 16.7 Å². The predicted molar refractivity (Wildman–Crippen MR) is 83.4 cm³/mol. The number of nitrogens with one attached hydrogen (secondary N) is 1.